The van der Waals surface area contributed by atoms with Crippen molar-refractivity contribution in [2.75, 3.05) is 88.6 Å². The van der Waals surface area contributed by atoms with Crippen LogP contribution in [0.15, 0.2) is 93.3 Å². The van der Waals surface area contributed by atoms with Crippen LogP contribution in [-0.2, 0) is 81.1 Å². The first-order valence-electron chi connectivity index (χ1n) is 27.6. The molecule has 4 aromatic heterocycles. The third-order valence-electron chi connectivity index (χ3n) is 13.0. The Bertz CT molecular complexity index is 2710. The van der Waals surface area contributed by atoms with Crippen molar-refractivity contribution in [2.24, 2.45) is 65.8 Å². The quantitative estimate of drug-likeness (QED) is 0.00911. The molecule has 0 amide bonds. The van der Waals surface area contributed by atoms with Gasteiger partial charge < -0.3 is 74.6 Å². The van der Waals surface area contributed by atoms with Crippen LogP contribution in [0.4, 0.5) is 11.4 Å². The molecular weight excluding hydrogens is 1080 g/mol. The largest absolute Gasteiger partial charge is 0.373 e. The maximum atomic E-state index is 13.9. The Hall–Kier alpha value is -9.14. The fourth-order valence-electron chi connectivity index (χ4n) is 8.89. The standard InChI is InChI=1S/C52H78N26O6/c53-49(54)61-13-1-17-75-29-39(65-69-75)33-81-25-21-73(22-26-82-34-40-30-76(70-66-40)18-2-14-62-50(55)56)43-9-5-37(6-10-43)45-47(79)46(48(45)80)38-7-11-44(12-8-38)74(23-27-83-35-41-31-77(71-67-41)19-3-15-63-51(57)58)24-28-84-36-42-32-78(72-68-42)20-4-16-64-52(59)60/h5-12,29-32,45-46H,1-4,13-28,33-36H2,(H4,53,54,61)(H4,55,56,62)(H4,57,58,63)(H4,59,60,64). The summed E-state index contributed by atoms with van der Waals surface area (Å²) >= 11 is 0. The molecule has 0 aliphatic heterocycles. The van der Waals surface area contributed by atoms with Crippen LogP contribution < -0.4 is 55.7 Å². The van der Waals surface area contributed by atoms with Gasteiger partial charge in [0.1, 0.15) is 34.6 Å². The Kier molecular flexibility index (Phi) is 24.6. The maximum absolute atomic E-state index is 13.9. The summed E-state index contributed by atoms with van der Waals surface area (Å²) in [4.78, 5) is 48.1. The number of carbonyl (C=O) groups excluding carboxylic acids is 2. The molecule has 1 aliphatic carbocycles. The van der Waals surface area contributed by atoms with Gasteiger partial charge in [0.25, 0.3) is 0 Å². The number of nitrogens with two attached hydrogens (primary N) is 8. The highest BCUT2D eigenvalue weighted by molar-refractivity contribution is 6.31. The van der Waals surface area contributed by atoms with Crippen LogP contribution in [0, 0.1) is 0 Å². The number of anilines is 2. The summed E-state index contributed by atoms with van der Waals surface area (Å²) < 4.78 is 31.1. The predicted molar refractivity (Wildman–Crippen MR) is 313 cm³/mol. The number of rotatable bonds is 40. The molecule has 0 bridgehead atoms. The zero-order valence-corrected chi connectivity index (χ0v) is 47.2. The molecule has 16 N–H and O–H groups in total. The number of hydrogen-bond donors (Lipinski definition) is 8. The van der Waals surface area contributed by atoms with E-state index in [2.05, 4.69) is 71.0 Å². The first-order chi connectivity index (χ1) is 40.8. The molecule has 0 saturated heterocycles. The molecule has 452 valence electrons. The Labute approximate surface area is 485 Å². The van der Waals surface area contributed by atoms with E-state index in [1.807, 2.05) is 73.3 Å². The van der Waals surface area contributed by atoms with Crippen molar-refractivity contribution >= 4 is 46.8 Å². The van der Waals surface area contributed by atoms with Crippen LogP contribution in [0.2, 0.25) is 0 Å². The third kappa shape index (κ3) is 20.7. The van der Waals surface area contributed by atoms with Gasteiger partial charge in [-0.2, -0.15) is 0 Å². The number of aromatic nitrogens is 12. The second-order valence-corrected chi connectivity index (χ2v) is 19.6. The van der Waals surface area contributed by atoms with Gasteiger partial charge in [-0.1, -0.05) is 45.1 Å². The minimum absolute atomic E-state index is 0.0492. The molecule has 4 heterocycles. The molecule has 32 nitrogen and oxygen atoms in total. The van der Waals surface area contributed by atoms with E-state index >= 15 is 0 Å². The average Bonchev–Trinajstić information content (AvgIpc) is 2.17. The highest BCUT2D eigenvalue weighted by Gasteiger charge is 2.50. The van der Waals surface area contributed by atoms with Gasteiger partial charge in [0.15, 0.2) is 35.4 Å². The fourth-order valence-corrected chi connectivity index (χ4v) is 8.89. The van der Waals surface area contributed by atoms with E-state index in [4.69, 9.17) is 64.8 Å². The summed E-state index contributed by atoms with van der Waals surface area (Å²) in [7, 11) is 0. The summed E-state index contributed by atoms with van der Waals surface area (Å²) in [5, 5.41) is 33.6. The topological polar surface area (TPSA) is 458 Å². The van der Waals surface area contributed by atoms with Crippen molar-refractivity contribution < 1.29 is 28.5 Å². The number of aliphatic imine (C=N–C) groups is 4. The van der Waals surface area contributed by atoms with E-state index in [0.29, 0.717) is 165 Å². The van der Waals surface area contributed by atoms with Crippen molar-refractivity contribution in [1.29, 1.82) is 0 Å². The van der Waals surface area contributed by atoms with E-state index < -0.39 is 11.8 Å². The molecule has 84 heavy (non-hydrogen) atoms. The number of hydrogen-bond acceptors (Lipinski definition) is 20. The number of ketones is 2. The van der Waals surface area contributed by atoms with E-state index in [-0.39, 0.29) is 61.8 Å². The maximum Gasteiger partial charge on any atom is 0.185 e. The number of aryl methyl sites for hydroxylation is 4. The van der Waals surface area contributed by atoms with Gasteiger partial charge >= 0.3 is 0 Å². The van der Waals surface area contributed by atoms with Gasteiger partial charge in [-0.05, 0) is 61.1 Å². The van der Waals surface area contributed by atoms with E-state index in [0.717, 1.165) is 11.4 Å². The SMILES string of the molecule is NC(N)=NCCCn1cc(COCCN(CCOCc2cn(CCCN=C(N)N)nn2)c2ccc(C3C(=O)C(c4ccc(N(CCOCc5cn(CCCN=C(N)N)nn5)CCOCc5cn(CCCN=C(N)N)nn5)cc4)C3=O)cc2)nn1. The smallest absolute Gasteiger partial charge is 0.185 e. The molecule has 0 spiro atoms. The number of Topliss-reactive ketones (excluding diaryl/α,β-unsaturated/α-hetero) is 2. The summed E-state index contributed by atoms with van der Waals surface area (Å²) in [5.74, 6) is -1.89. The molecule has 0 unspecified atom stereocenters. The second-order valence-electron chi connectivity index (χ2n) is 19.6. The number of guanidine groups is 4. The molecule has 2 aromatic carbocycles. The van der Waals surface area contributed by atoms with Gasteiger partial charge in [0.05, 0.1) is 77.6 Å². The highest BCUT2D eigenvalue weighted by atomic mass is 16.5. The van der Waals surface area contributed by atoms with E-state index in [1.54, 1.807) is 18.7 Å². The van der Waals surface area contributed by atoms with Crippen molar-refractivity contribution in [1.82, 2.24) is 60.0 Å². The number of nitrogens with zero attached hydrogens (tertiary/aromatic N) is 18. The zero-order valence-electron chi connectivity index (χ0n) is 47.2. The van der Waals surface area contributed by atoms with Crippen LogP contribution in [0.5, 0.6) is 0 Å². The summed E-state index contributed by atoms with van der Waals surface area (Å²) in [6.07, 6.45) is 10.1. The lowest BCUT2D eigenvalue weighted by atomic mass is 9.66. The van der Waals surface area contributed by atoms with Crippen LogP contribution in [-0.4, -0.2) is 174 Å². The molecule has 1 aliphatic rings. The lowest BCUT2D eigenvalue weighted by Crippen LogP contribution is -2.44. The second kappa shape index (κ2) is 33.1. The predicted octanol–water partition coefficient (Wildman–Crippen LogP) is -1.79. The molecule has 7 rings (SSSR count). The molecule has 1 fully saturated rings. The van der Waals surface area contributed by atoms with Crippen LogP contribution in [0.1, 0.15) is 71.4 Å². The normalized spacial score (nSPS) is 13.8. The first-order valence-corrected chi connectivity index (χ1v) is 27.6. The number of ether oxygens (including phenoxy) is 4. The van der Waals surface area contributed by atoms with Crippen LogP contribution >= 0.6 is 0 Å². The molecule has 1 saturated carbocycles. The molecular formula is C52H78N26O6. The van der Waals surface area contributed by atoms with Gasteiger partial charge in [-0.15, -0.1) is 20.4 Å². The Morgan fingerprint density at radius 1 is 0.405 bits per heavy atom. The van der Waals surface area contributed by atoms with Gasteiger partial charge in [-0.25, -0.2) is 0 Å². The van der Waals surface area contributed by atoms with E-state index in [9.17, 15) is 9.59 Å². The first kappa shape index (κ1) is 62.5. The van der Waals surface area contributed by atoms with Gasteiger partial charge in [0, 0.05) is 89.9 Å². The van der Waals surface area contributed by atoms with E-state index in [1.165, 1.54) is 0 Å². The highest BCUT2D eigenvalue weighted by Crippen LogP contribution is 2.41. The van der Waals surface area contributed by atoms with Crippen molar-refractivity contribution in [2.45, 2.75) is 90.1 Å². The van der Waals surface area contributed by atoms with Crippen LogP contribution in [0.25, 0.3) is 0 Å². The fraction of sp³-hybridized carbons (Fsp3) is 0.500. The Balaban J connectivity index is 0.936. The number of carbonyl (C=O) groups is 2. The van der Waals surface area contributed by atoms with Gasteiger partial charge in [-0.3, -0.25) is 48.3 Å². The lowest BCUT2D eigenvalue weighted by molar-refractivity contribution is -0.142. The minimum Gasteiger partial charge on any atom is -0.373 e. The molecule has 0 radical (unpaired) electrons. The van der Waals surface area contributed by atoms with Crippen molar-refractivity contribution in [3.8, 4) is 0 Å². The minimum atomic E-state index is -0.882. The Morgan fingerprint density at radius 3 is 0.893 bits per heavy atom. The summed E-state index contributed by atoms with van der Waals surface area (Å²) in [5.41, 5.74) is 49.1. The monoisotopic (exact) mass is 1160 g/mol. The Morgan fingerprint density at radius 2 is 0.655 bits per heavy atom. The van der Waals surface area contributed by atoms with Crippen molar-refractivity contribution in [3.63, 3.8) is 0 Å². The summed E-state index contributed by atoms with van der Waals surface area (Å²) in [6.45, 7) is 8.83. The number of benzene rings is 2. The van der Waals surface area contributed by atoms with Crippen molar-refractivity contribution in [3.05, 3.63) is 107 Å². The summed E-state index contributed by atoms with van der Waals surface area (Å²) in [6, 6.07) is 15.0. The third-order valence-corrected chi connectivity index (χ3v) is 13.0. The zero-order chi connectivity index (χ0) is 59.5. The molecule has 0 atom stereocenters. The average molecular weight is 1160 g/mol. The van der Waals surface area contributed by atoms with Crippen LogP contribution in [0.3, 0.4) is 0 Å². The van der Waals surface area contributed by atoms with Gasteiger partial charge in [0.2, 0.25) is 0 Å². The lowest BCUT2D eigenvalue weighted by Gasteiger charge is -2.33. The molecule has 6 aromatic rings. The molecule has 32 heteroatoms.